The van der Waals surface area contributed by atoms with Gasteiger partial charge in [-0.3, -0.25) is 10.1 Å². The molecule has 0 unspecified atom stereocenters. The number of nitrogens with zero attached hydrogens (tertiary/aromatic N) is 3. The Morgan fingerprint density at radius 1 is 1.11 bits per heavy atom. The average molecular weight is 400 g/mol. The number of nitrogens with one attached hydrogen (secondary N) is 1. The number of carbonyl (C=O) groups excluding carboxylic acids is 1. The molecule has 2 aromatic heterocycles. The summed E-state index contributed by atoms with van der Waals surface area (Å²) >= 11 is 1.25. The van der Waals surface area contributed by atoms with Crippen molar-refractivity contribution in [2.45, 2.75) is 4.90 Å². The van der Waals surface area contributed by atoms with Gasteiger partial charge in [-0.2, -0.15) is 0 Å². The van der Waals surface area contributed by atoms with Crippen LogP contribution in [0.2, 0.25) is 0 Å². The summed E-state index contributed by atoms with van der Waals surface area (Å²) < 4.78 is 29.7. The number of fused-ring (bicyclic) bond motifs is 1. The number of hydrogen-bond donors (Lipinski definition) is 1. The van der Waals surface area contributed by atoms with E-state index < -0.39 is 15.7 Å². The zero-order valence-electron chi connectivity index (χ0n) is 13.9. The summed E-state index contributed by atoms with van der Waals surface area (Å²) in [6.45, 7) is 0. The summed E-state index contributed by atoms with van der Waals surface area (Å²) in [5, 5.41) is 10.4. The maximum Gasteiger partial charge on any atom is 0.322 e. The van der Waals surface area contributed by atoms with Crippen LogP contribution < -0.4 is 5.32 Å². The van der Waals surface area contributed by atoms with Crippen LogP contribution in [0.5, 0.6) is 0 Å². The highest BCUT2D eigenvalue weighted by molar-refractivity contribution is 7.90. The third kappa shape index (κ3) is 3.57. The lowest BCUT2D eigenvalue weighted by atomic mass is 10.2. The van der Waals surface area contributed by atoms with E-state index in [1.165, 1.54) is 23.5 Å². The molecule has 0 saturated carbocycles. The van der Waals surface area contributed by atoms with Gasteiger partial charge < -0.3 is 4.42 Å². The second kappa shape index (κ2) is 6.56. The first kappa shape index (κ1) is 17.3. The van der Waals surface area contributed by atoms with Gasteiger partial charge in [0.25, 0.3) is 5.91 Å². The largest absolute Gasteiger partial charge is 0.403 e. The van der Waals surface area contributed by atoms with Crippen molar-refractivity contribution in [3.8, 4) is 11.5 Å². The lowest BCUT2D eigenvalue weighted by Gasteiger charge is -2.00. The summed E-state index contributed by atoms with van der Waals surface area (Å²) in [5.41, 5.74) is 1.17. The summed E-state index contributed by atoms with van der Waals surface area (Å²) in [6.07, 6.45) is 1.11. The molecule has 0 aliphatic rings. The predicted octanol–water partition coefficient (Wildman–Crippen LogP) is 3.00. The van der Waals surface area contributed by atoms with Crippen molar-refractivity contribution >= 4 is 43.3 Å². The van der Waals surface area contributed by atoms with Gasteiger partial charge in [0.1, 0.15) is 0 Å². The van der Waals surface area contributed by atoms with E-state index in [0.29, 0.717) is 5.56 Å². The van der Waals surface area contributed by atoms with Crippen LogP contribution in [0.4, 0.5) is 6.01 Å². The van der Waals surface area contributed by atoms with Crippen LogP contribution >= 0.6 is 11.3 Å². The number of benzene rings is 2. The number of thiazole rings is 1. The molecule has 0 spiro atoms. The van der Waals surface area contributed by atoms with Crippen LogP contribution in [-0.2, 0) is 9.84 Å². The minimum absolute atomic E-state index is 0.0973. The van der Waals surface area contributed by atoms with Crippen LogP contribution in [0.3, 0.4) is 0 Å². The molecule has 2 aromatic carbocycles. The lowest BCUT2D eigenvalue weighted by molar-refractivity contribution is 0.102. The molecule has 4 aromatic rings. The van der Waals surface area contributed by atoms with Crippen LogP contribution in [0.25, 0.3) is 21.7 Å². The smallest absolute Gasteiger partial charge is 0.322 e. The number of anilines is 1. The molecule has 0 atom stereocenters. The SMILES string of the molecule is CS(=O)(=O)c1cccc(-c2nnc(NC(=O)c3nc4ccccc4s3)o2)c1. The molecular formula is C17H12N4O4S2. The number of hydrogen-bond acceptors (Lipinski definition) is 8. The van der Waals surface area contributed by atoms with Crippen molar-refractivity contribution in [1.82, 2.24) is 15.2 Å². The van der Waals surface area contributed by atoms with Gasteiger partial charge in [-0.05, 0) is 30.3 Å². The highest BCUT2D eigenvalue weighted by atomic mass is 32.2. The standard InChI is InChI=1S/C17H12N4O4S2/c1-27(23,24)11-6-4-5-10(9-11)15-20-21-17(25-15)19-14(22)16-18-12-7-2-3-8-13(12)26-16/h2-9H,1H3,(H,19,21,22). The minimum atomic E-state index is -3.36. The highest BCUT2D eigenvalue weighted by Crippen LogP contribution is 2.25. The van der Waals surface area contributed by atoms with E-state index in [1.54, 1.807) is 12.1 Å². The van der Waals surface area contributed by atoms with Gasteiger partial charge in [0.05, 0.1) is 15.1 Å². The van der Waals surface area contributed by atoms with Gasteiger partial charge in [0.2, 0.25) is 5.89 Å². The van der Waals surface area contributed by atoms with Gasteiger partial charge in [0, 0.05) is 11.8 Å². The molecule has 10 heteroatoms. The molecule has 136 valence electrons. The maximum atomic E-state index is 12.3. The molecule has 1 amide bonds. The fourth-order valence-corrected chi connectivity index (χ4v) is 3.90. The van der Waals surface area contributed by atoms with Crippen LogP contribution in [-0.4, -0.2) is 35.8 Å². The molecule has 4 rings (SSSR count). The van der Waals surface area contributed by atoms with Gasteiger partial charge in [-0.1, -0.05) is 23.3 Å². The predicted molar refractivity (Wildman–Crippen MR) is 100 cm³/mol. The van der Waals surface area contributed by atoms with Gasteiger partial charge >= 0.3 is 6.01 Å². The van der Waals surface area contributed by atoms with Gasteiger partial charge in [-0.25, -0.2) is 13.4 Å². The van der Waals surface area contributed by atoms with Gasteiger partial charge in [-0.15, -0.1) is 16.4 Å². The number of rotatable bonds is 4. The molecule has 0 aliphatic carbocycles. The van der Waals surface area contributed by atoms with E-state index in [4.69, 9.17) is 4.42 Å². The molecule has 2 heterocycles. The molecule has 0 bridgehead atoms. The van der Waals surface area contributed by atoms with E-state index in [-0.39, 0.29) is 21.8 Å². The summed E-state index contributed by atoms with van der Waals surface area (Å²) in [4.78, 5) is 16.7. The van der Waals surface area contributed by atoms with E-state index in [0.717, 1.165) is 16.5 Å². The fourth-order valence-electron chi connectivity index (χ4n) is 2.37. The maximum absolute atomic E-state index is 12.3. The molecule has 0 fully saturated rings. The fraction of sp³-hybridized carbons (Fsp3) is 0.0588. The Labute approximate surface area is 157 Å². The summed E-state index contributed by atoms with van der Waals surface area (Å²) in [7, 11) is -3.36. The highest BCUT2D eigenvalue weighted by Gasteiger charge is 2.17. The molecule has 1 N–H and O–H groups in total. The number of sulfone groups is 1. The zero-order chi connectivity index (χ0) is 19.0. The number of para-hydroxylation sites is 1. The van der Waals surface area contributed by atoms with Crippen molar-refractivity contribution in [2.24, 2.45) is 0 Å². The Bertz CT molecular complexity index is 1230. The second-order valence-electron chi connectivity index (χ2n) is 5.65. The van der Waals surface area contributed by atoms with Crippen molar-refractivity contribution in [3.63, 3.8) is 0 Å². The minimum Gasteiger partial charge on any atom is -0.403 e. The second-order valence-corrected chi connectivity index (χ2v) is 8.70. The monoisotopic (exact) mass is 400 g/mol. The third-order valence-corrected chi connectivity index (χ3v) is 5.79. The van der Waals surface area contributed by atoms with E-state index >= 15 is 0 Å². The summed E-state index contributed by atoms with van der Waals surface area (Å²) in [6, 6.07) is 13.4. The normalized spacial score (nSPS) is 11.6. The molecule has 0 saturated heterocycles. The average Bonchev–Trinajstić information content (AvgIpc) is 3.28. The van der Waals surface area contributed by atoms with Crippen molar-refractivity contribution in [2.75, 3.05) is 11.6 Å². The number of amides is 1. The number of aromatic nitrogens is 3. The van der Waals surface area contributed by atoms with Crippen LogP contribution in [0.15, 0.2) is 57.8 Å². The Hall–Kier alpha value is -3.11. The Morgan fingerprint density at radius 2 is 1.93 bits per heavy atom. The first-order chi connectivity index (χ1) is 12.9. The topological polar surface area (TPSA) is 115 Å². The van der Waals surface area contributed by atoms with Crippen molar-refractivity contribution in [3.05, 3.63) is 53.5 Å². The lowest BCUT2D eigenvalue weighted by Crippen LogP contribution is -2.11. The zero-order valence-corrected chi connectivity index (χ0v) is 15.5. The first-order valence-corrected chi connectivity index (χ1v) is 10.4. The Balaban J connectivity index is 1.57. The third-order valence-electron chi connectivity index (χ3n) is 3.64. The quantitative estimate of drug-likeness (QED) is 0.560. The molecule has 0 radical (unpaired) electrons. The molecule has 0 aliphatic heterocycles. The van der Waals surface area contributed by atoms with E-state index in [9.17, 15) is 13.2 Å². The van der Waals surface area contributed by atoms with E-state index in [2.05, 4.69) is 20.5 Å². The van der Waals surface area contributed by atoms with E-state index in [1.807, 2.05) is 24.3 Å². The Morgan fingerprint density at radius 3 is 2.70 bits per heavy atom. The number of carbonyl (C=O) groups is 1. The first-order valence-electron chi connectivity index (χ1n) is 7.71. The van der Waals surface area contributed by atoms with Crippen LogP contribution in [0.1, 0.15) is 9.80 Å². The van der Waals surface area contributed by atoms with Gasteiger partial charge in [0.15, 0.2) is 14.8 Å². The Kier molecular flexibility index (Phi) is 4.21. The molecule has 8 nitrogen and oxygen atoms in total. The van der Waals surface area contributed by atoms with Crippen molar-refractivity contribution < 1.29 is 17.6 Å². The van der Waals surface area contributed by atoms with Crippen LogP contribution in [0, 0.1) is 0 Å². The summed E-state index contributed by atoms with van der Waals surface area (Å²) in [5.74, 6) is -0.364. The van der Waals surface area contributed by atoms with Crippen molar-refractivity contribution in [1.29, 1.82) is 0 Å². The molecular weight excluding hydrogens is 388 g/mol. The molecule has 27 heavy (non-hydrogen) atoms.